The van der Waals surface area contributed by atoms with Crippen molar-refractivity contribution >= 4 is 28.9 Å². The highest BCUT2D eigenvalue weighted by molar-refractivity contribution is 6.31. The Morgan fingerprint density at radius 3 is 2.89 bits per heavy atom. The van der Waals surface area contributed by atoms with Crippen molar-refractivity contribution in [2.45, 2.75) is 31.3 Å². The van der Waals surface area contributed by atoms with Gasteiger partial charge in [0.15, 0.2) is 5.82 Å². The van der Waals surface area contributed by atoms with E-state index in [1.165, 1.54) is 24.5 Å². The molecule has 6 rings (SSSR count). The molecule has 2 atom stereocenters. The summed E-state index contributed by atoms with van der Waals surface area (Å²) < 4.78 is 47.5. The van der Waals surface area contributed by atoms with Crippen LogP contribution in [0, 0.1) is 11.8 Å². The zero-order valence-electron chi connectivity index (χ0n) is 20.4. The minimum absolute atomic E-state index is 0.00805. The fourth-order valence-corrected chi connectivity index (χ4v) is 4.99. The van der Waals surface area contributed by atoms with Gasteiger partial charge < -0.3 is 15.6 Å². The Labute approximate surface area is 210 Å². The van der Waals surface area contributed by atoms with Crippen LogP contribution < -0.4 is 5.73 Å². The minimum atomic E-state index is -0.838. The van der Waals surface area contributed by atoms with Gasteiger partial charge in [-0.2, -0.15) is 9.07 Å². The number of aromatic amines is 1. The number of aromatic nitrogens is 7. The van der Waals surface area contributed by atoms with Crippen LogP contribution in [0.5, 0.6) is 0 Å². The van der Waals surface area contributed by atoms with Crippen LogP contribution >= 0.6 is 11.6 Å². The third-order valence-corrected chi connectivity index (χ3v) is 6.68. The SMILES string of the molecule is [2H]c1cc(Cl)c(F)c(C2=CC(=O)N3[C@H](CC[C@H]3c3nc([2H])c(-c4ccc(N)nc4F)[nH]3)C2)c1-n1cnnn1. The van der Waals surface area contributed by atoms with E-state index in [2.05, 4.69) is 30.5 Å². The number of hydrogen-bond acceptors (Lipinski definition) is 7. The molecule has 1 aromatic carbocycles. The van der Waals surface area contributed by atoms with Gasteiger partial charge in [-0.05, 0) is 59.5 Å². The van der Waals surface area contributed by atoms with Gasteiger partial charge in [-0.15, -0.1) is 5.10 Å². The third-order valence-electron chi connectivity index (χ3n) is 6.41. The lowest BCUT2D eigenvalue weighted by atomic mass is 9.92. The maximum atomic E-state index is 15.4. The first kappa shape index (κ1) is 20.0. The van der Waals surface area contributed by atoms with Gasteiger partial charge in [0.25, 0.3) is 0 Å². The van der Waals surface area contributed by atoms with Gasteiger partial charge in [0.1, 0.15) is 18.0 Å². The van der Waals surface area contributed by atoms with E-state index in [9.17, 15) is 9.18 Å². The molecule has 0 bridgehead atoms. The molecule has 1 amide bonds. The number of pyridine rings is 1. The van der Waals surface area contributed by atoms with Crippen molar-refractivity contribution in [3.8, 4) is 16.9 Å². The van der Waals surface area contributed by atoms with Crippen molar-refractivity contribution < 1.29 is 16.3 Å². The quantitative estimate of drug-likeness (QED) is 0.401. The molecular formula is C23H18ClF2N9O. The molecular weight excluding hydrogens is 492 g/mol. The van der Waals surface area contributed by atoms with Crippen LogP contribution in [0.15, 0.2) is 42.8 Å². The fourth-order valence-electron chi connectivity index (χ4n) is 4.84. The monoisotopic (exact) mass is 511 g/mol. The van der Waals surface area contributed by atoms with E-state index in [0.717, 1.165) is 10.7 Å². The fraction of sp³-hybridized carbons (Fsp3) is 0.217. The zero-order chi connectivity index (χ0) is 26.7. The number of benzene rings is 1. The molecule has 3 aromatic heterocycles. The number of nitrogens with one attached hydrogen (secondary N) is 1. The Hall–Kier alpha value is -4.19. The first-order valence-electron chi connectivity index (χ1n) is 12.0. The van der Waals surface area contributed by atoms with Crippen LogP contribution in [-0.4, -0.2) is 52.0 Å². The van der Waals surface area contributed by atoms with Crippen molar-refractivity contribution in [2.75, 3.05) is 5.73 Å². The molecule has 4 aromatic rings. The number of nitrogens with zero attached hydrogens (tertiary/aromatic N) is 7. The van der Waals surface area contributed by atoms with E-state index in [1.54, 1.807) is 4.90 Å². The van der Waals surface area contributed by atoms with E-state index in [-0.39, 0.29) is 58.0 Å². The Balaban J connectivity index is 1.37. The van der Waals surface area contributed by atoms with E-state index >= 15 is 4.39 Å². The summed E-state index contributed by atoms with van der Waals surface area (Å²) in [6.07, 6.45) is 3.74. The molecule has 36 heavy (non-hydrogen) atoms. The van der Waals surface area contributed by atoms with Crippen LogP contribution in [-0.2, 0) is 4.79 Å². The minimum Gasteiger partial charge on any atom is -0.384 e. The summed E-state index contributed by atoms with van der Waals surface area (Å²) in [4.78, 5) is 25.9. The summed E-state index contributed by atoms with van der Waals surface area (Å²) in [5.41, 5.74) is 6.14. The van der Waals surface area contributed by atoms with Crippen LogP contribution in [0.25, 0.3) is 22.5 Å². The highest BCUT2D eigenvalue weighted by Crippen LogP contribution is 2.44. The number of carbonyl (C=O) groups excluding carboxylic acids is 1. The maximum absolute atomic E-state index is 15.4. The second-order valence-corrected chi connectivity index (χ2v) is 8.89. The lowest BCUT2D eigenvalue weighted by Gasteiger charge is -2.33. The molecule has 0 spiro atoms. The van der Waals surface area contributed by atoms with Crippen LogP contribution in [0.4, 0.5) is 14.6 Å². The number of fused-ring (bicyclic) bond motifs is 1. The van der Waals surface area contributed by atoms with Gasteiger partial charge in [-0.3, -0.25) is 4.79 Å². The number of halogens is 3. The molecule has 3 N–H and O–H groups in total. The van der Waals surface area contributed by atoms with E-state index in [1.807, 2.05) is 0 Å². The first-order valence-corrected chi connectivity index (χ1v) is 11.3. The van der Waals surface area contributed by atoms with Gasteiger partial charge in [-0.25, -0.2) is 14.4 Å². The van der Waals surface area contributed by atoms with Crippen molar-refractivity contribution in [1.29, 1.82) is 0 Å². The highest BCUT2D eigenvalue weighted by Gasteiger charge is 2.42. The molecule has 1 fully saturated rings. The summed E-state index contributed by atoms with van der Waals surface area (Å²) in [6, 6.07) is 3.09. The van der Waals surface area contributed by atoms with Gasteiger partial charge in [0, 0.05) is 17.7 Å². The number of nitrogens with two attached hydrogens (primary N) is 1. The Morgan fingerprint density at radius 2 is 2.11 bits per heavy atom. The summed E-state index contributed by atoms with van der Waals surface area (Å²) in [5, 5.41) is 10.7. The highest BCUT2D eigenvalue weighted by atomic mass is 35.5. The number of imidazole rings is 1. The van der Waals surface area contributed by atoms with Gasteiger partial charge >= 0.3 is 0 Å². The summed E-state index contributed by atoms with van der Waals surface area (Å²) >= 11 is 6.06. The average Bonchev–Trinajstić information content (AvgIpc) is 3.61. The smallest absolute Gasteiger partial charge is 0.247 e. The van der Waals surface area contributed by atoms with E-state index < -0.39 is 23.7 Å². The molecule has 13 heteroatoms. The maximum Gasteiger partial charge on any atom is 0.247 e. The molecule has 1 saturated heterocycles. The van der Waals surface area contributed by atoms with Gasteiger partial charge in [0.05, 0.1) is 36.9 Å². The third kappa shape index (κ3) is 3.61. The molecule has 2 aliphatic rings. The van der Waals surface area contributed by atoms with Gasteiger partial charge in [-0.1, -0.05) is 11.6 Å². The molecule has 10 nitrogen and oxygen atoms in total. The van der Waals surface area contributed by atoms with E-state index in [4.69, 9.17) is 20.1 Å². The molecule has 0 saturated carbocycles. The van der Waals surface area contributed by atoms with E-state index in [0.29, 0.717) is 24.2 Å². The van der Waals surface area contributed by atoms with Crippen molar-refractivity contribution in [3.05, 3.63) is 71.0 Å². The molecule has 2 aliphatic heterocycles. The van der Waals surface area contributed by atoms with Crippen LogP contribution in [0.2, 0.25) is 5.02 Å². The topological polar surface area (TPSA) is 132 Å². The number of anilines is 1. The van der Waals surface area contributed by atoms with Crippen LogP contribution in [0.3, 0.4) is 0 Å². The largest absolute Gasteiger partial charge is 0.384 e. The Bertz CT molecular complexity index is 1630. The molecule has 0 radical (unpaired) electrons. The Morgan fingerprint density at radius 1 is 1.25 bits per heavy atom. The zero-order valence-corrected chi connectivity index (χ0v) is 19.2. The standard InChI is InChI=1S/C23H18ClF2N9O/c24-14-3-5-16(34-10-29-32-33-34)20(21(14)25)11-7-12-1-4-17(35(12)19(36)8-11)23-28-9-15(30-23)13-2-6-18(27)31-22(13)26/h2-3,5-6,8-10,12,17H,1,4,7H2,(H2,27,31)(H,28,30)/t12-,17+/m1/s1/i5D,9D. The predicted octanol–water partition coefficient (Wildman–Crippen LogP) is 3.48. The summed E-state index contributed by atoms with van der Waals surface area (Å²) in [6.45, 7) is 0. The lowest BCUT2D eigenvalue weighted by Crippen LogP contribution is -2.39. The Kier molecular flexibility index (Phi) is 4.72. The molecule has 5 heterocycles. The first-order chi connectivity index (χ1) is 18.2. The van der Waals surface area contributed by atoms with Crippen molar-refractivity contribution in [2.24, 2.45) is 0 Å². The average molecular weight is 512 g/mol. The normalized spacial score (nSPS) is 20.2. The number of H-pyrrole nitrogens is 1. The lowest BCUT2D eigenvalue weighted by molar-refractivity contribution is -0.129. The number of carbonyl (C=O) groups is 1. The number of tetrazole rings is 1. The summed E-state index contributed by atoms with van der Waals surface area (Å²) in [7, 11) is 0. The molecule has 0 aliphatic carbocycles. The molecule has 0 unspecified atom stereocenters. The molecule has 182 valence electrons. The summed E-state index contributed by atoms with van der Waals surface area (Å²) in [5.74, 6) is -1.66. The van der Waals surface area contributed by atoms with Crippen molar-refractivity contribution in [1.82, 2.24) is 40.1 Å². The predicted molar refractivity (Wildman–Crippen MR) is 126 cm³/mol. The van der Waals surface area contributed by atoms with Crippen molar-refractivity contribution in [3.63, 3.8) is 0 Å². The number of rotatable bonds is 4. The second kappa shape index (κ2) is 8.48. The van der Waals surface area contributed by atoms with Gasteiger partial charge in [0.2, 0.25) is 11.9 Å². The second-order valence-electron chi connectivity index (χ2n) is 8.48. The number of hydrogen-bond donors (Lipinski definition) is 2. The number of amides is 1. The van der Waals surface area contributed by atoms with Crippen LogP contribution in [0.1, 0.15) is 39.4 Å². The number of nitrogen functional groups attached to an aromatic ring is 1.